The van der Waals surface area contributed by atoms with Gasteiger partial charge in [-0.1, -0.05) is 0 Å². The Labute approximate surface area is 111 Å². The molecule has 2 unspecified atom stereocenters. The lowest BCUT2D eigenvalue weighted by Gasteiger charge is -2.16. The van der Waals surface area contributed by atoms with Crippen molar-refractivity contribution in [2.24, 2.45) is 5.92 Å². The van der Waals surface area contributed by atoms with Gasteiger partial charge in [-0.15, -0.1) is 0 Å². The molecule has 0 aromatic carbocycles. The molecule has 6 nitrogen and oxygen atoms in total. The molecule has 2 atom stereocenters. The summed E-state index contributed by atoms with van der Waals surface area (Å²) in [6, 6.07) is 3.12. The fraction of sp³-hybridized carbons (Fsp3) is 0.538. The Morgan fingerprint density at radius 2 is 2.26 bits per heavy atom. The molecule has 1 aliphatic heterocycles. The van der Waals surface area contributed by atoms with Gasteiger partial charge in [0.15, 0.2) is 0 Å². The molecule has 2 heterocycles. The topological polar surface area (TPSA) is 72.4 Å². The number of hydrogen-bond donors (Lipinski definition) is 2. The van der Waals surface area contributed by atoms with Gasteiger partial charge in [-0.3, -0.25) is 9.59 Å². The smallest absolute Gasteiger partial charge is 0.250 e. The summed E-state index contributed by atoms with van der Waals surface area (Å²) in [4.78, 5) is 23.6. The van der Waals surface area contributed by atoms with Gasteiger partial charge in [0.1, 0.15) is 0 Å². The van der Waals surface area contributed by atoms with E-state index in [0.29, 0.717) is 25.4 Å². The van der Waals surface area contributed by atoms with Crippen molar-refractivity contribution in [3.8, 4) is 0 Å². The number of ether oxygens (including phenoxy) is 1. The first-order valence-corrected chi connectivity index (χ1v) is 6.42. The van der Waals surface area contributed by atoms with Crippen LogP contribution in [0.1, 0.15) is 6.92 Å². The largest absolute Gasteiger partial charge is 0.379 e. The van der Waals surface area contributed by atoms with Crippen molar-refractivity contribution in [3.05, 3.63) is 28.7 Å². The lowest BCUT2D eigenvalue weighted by molar-refractivity contribution is -0.120. The Morgan fingerprint density at radius 1 is 1.47 bits per heavy atom. The molecule has 1 fully saturated rings. The minimum Gasteiger partial charge on any atom is -0.379 e. The number of amides is 1. The summed E-state index contributed by atoms with van der Waals surface area (Å²) in [6.07, 6.45) is 1.66. The molecule has 104 valence electrons. The van der Waals surface area contributed by atoms with Crippen molar-refractivity contribution >= 4 is 11.6 Å². The highest BCUT2D eigenvalue weighted by atomic mass is 16.5. The maximum absolute atomic E-state index is 12.2. The Kier molecular flexibility index (Phi) is 4.34. The van der Waals surface area contributed by atoms with Gasteiger partial charge >= 0.3 is 0 Å². The fourth-order valence-corrected chi connectivity index (χ4v) is 2.18. The minimum absolute atomic E-state index is 0.0390. The van der Waals surface area contributed by atoms with Crippen molar-refractivity contribution in [2.45, 2.75) is 19.5 Å². The summed E-state index contributed by atoms with van der Waals surface area (Å²) in [6.45, 7) is 3.43. The van der Waals surface area contributed by atoms with Gasteiger partial charge in [-0.05, 0) is 20.0 Å². The Hall–Kier alpha value is -1.66. The zero-order chi connectivity index (χ0) is 13.8. The third-order valence-corrected chi connectivity index (χ3v) is 3.38. The minimum atomic E-state index is -0.202. The number of aromatic nitrogens is 1. The number of anilines is 1. The summed E-state index contributed by atoms with van der Waals surface area (Å²) in [7, 11) is 1.82. The van der Waals surface area contributed by atoms with Crippen molar-refractivity contribution < 1.29 is 9.53 Å². The van der Waals surface area contributed by atoms with Crippen LogP contribution < -0.4 is 16.2 Å². The maximum atomic E-state index is 12.2. The first-order chi connectivity index (χ1) is 9.15. The first-order valence-electron chi connectivity index (χ1n) is 6.42. The summed E-state index contributed by atoms with van der Waals surface area (Å²) in [5.41, 5.74) is 0.561. The van der Waals surface area contributed by atoms with E-state index >= 15 is 0 Å². The highest BCUT2D eigenvalue weighted by molar-refractivity contribution is 5.93. The SMILES string of the molecule is CCn1cc(NC(=O)C2COCC2NC)ccc1=O. The van der Waals surface area contributed by atoms with E-state index < -0.39 is 0 Å². The Morgan fingerprint density at radius 3 is 2.95 bits per heavy atom. The van der Waals surface area contributed by atoms with Crippen molar-refractivity contribution in [1.82, 2.24) is 9.88 Å². The van der Waals surface area contributed by atoms with Gasteiger partial charge in [-0.25, -0.2) is 0 Å². The van der Waals surface area contributed by atoms with Gasteiger partial charge in [0.25, 0.3) is 5.56 Å². The molecule has 2 N–H and O–H groups in total. The zero-order valence-electron chi connectivity index (χ0n) is 11.2. The van der Waals surface area contributed by atoms with Gasteiger partial charge in [0, 0.05) is 24.8 Å². The van der Waals surface area contributed by atoms with Crippen LogP contribution in [0.2, 0.25) is 0 Å². The number of likely N-dealkylation sites (N-methyl/N-ethyl adjacent to an activating group) is 1. The number of pyridine rings is 1. The molecule has 1 amide bonds. The van der Waals surface area contributed by atoms with E-state index in [1.807, 2.05) is 14.0 Å². The monoisotopic (exact) mass is 265 g/mol. The standard InChI is InChI=1S/C13H19N3O3/c1-3-16-6-9(4-5-12(16)17)15-13(18)10-7-19-8-11(10)14-2/h4-6,10-11,14H,3,7-8H2,1-2H3,(H,15,18). The van der Waals surface area contributed by atoms with Gasteiger partial charge in [0.2, 0.25) is 5.91 Å². The van der Waals surface area contributed by atoms with Gasteiger partial charge in [-0.2, -0.15) is 0 Å². The fourth-order valence-electron chi connectivity index (χ4n) is 2.18. The maximum Gasteiger partial charge on any atom is 0.250 e. The third-order valence-electron chi connectivity index (χ3n) is 3.38. The number of nitrogens with zero attached hydrogens (tertiary/aromatic N) is 1. The van der Waals surface area contributed by atoms with E-state index in [2.05, 4.69) is 10.6 Å². The van der Waals surface area contributed by atoms with Crippen LogP contribution in [-0.2, 0) is 16.1 Å². The van der Waals surface area contributed by atoms with E-state index in [1.54, 1.807) is 16.8 Å². The second-order valence-corrected chi connectivity index (χ2v) is 4.57. The summed E-state index contributed by atoms with van der Waals surface area (Å²) < 4.78 is 6.86. The highest BCUT2D eigenvalue weighted by Crippen LogP contribution is 2.16. The average molecular weight is 265 g/mol. The Bertz CT molecular complexity index is 512. The molecule has 0 bridgehead atoms. The number of rotatable bonds is 4. The first kappa shape index (κ1) is 13.8. The van der Waals surface area contributed by atoms with Crippen molar-refractivity contribution in [2.75, 3.05) is 25.6 Å². The summed E-state index contributed by atoms with van der Waals surface area (Å²) in [5.74, 6) is -0.287. The van der Waals surface area contributed by atoms with Gasteiger partial charge in [0.05, 0.1) is 24.8 Å². The van der Waals surface area contributed by atoms with Crippen LogP contribution in [0.5, 0.6) is 0 Å². The van der Waals surface area contributed by atoms with Crippen LogP contribution in [0.15, 0.2) is 23.1 Å². The van der Waals surface area contributed by atoms with E-state index in [-0.39, 0.29) is 23.4 Å². The lowest BCUT2D eigenvalue weighted by atomic mass is 10.0. The second-order valence-electron chi connectivity index (χ2n) is 4.57. The molecule has 1 aliphatic rings. The highest BCUT2D eigenvalue weighted by Gasteiger charge is 2.32. The van der Waals surface area contributed by atoms with Crippen LogP contribution in [0, 0.1) is 5.92 Å². The molecular weight excluding hydrogens is 246 g/mol. The van der Waals surface area contributed by atoms with Gasteiger partial charge < -0.3 is 19.9 Å². The number of nitrogens with one attached hydrogen (secondary N) is 2. The summed E-state index contributed by atoms with van der Waals surface area (Å²) >= 11 is 0. The van der Waals surface area contributed by atoms with Crippen LogP contribution in [0.3, 0.4) is 0 Å². The van der Waals surface area contributed by atoms with E-state index in [1.165, 1.54) is 6.07 Å². The predicted molar refractivity (Wildman–Crippen MR) is 72.2 cm³/mol. The lowest BCUT2D eigenvalue weighted by Crippen LogP contribution is -2.39. The molecule has 0 spiro atoms. The normalized spacial score (nSPS) is 22.4. The number of carbonyl (C=O) groups excluding carboxylic acids is 1. The molecule has 19 heavy (non-hydrogen) atoms. The molecule has 0 aliphatic carbocycles. The molecule has 6 heteroatoms. The van der Waals surface area contributed by atoms with E-state index in [4.69, 9.17) is 4.74 Å². The second kappa shape index (κ2) is 5.99. The van der Waals surface area contributed by atoms with E-state index in [9.17, 15) is 9.59 Å². The van der Waals surface area contributed by atoms with Crippen LogP contribution in [0.4, 0.5) is 5.69 Å². The van der Waals surface area contributed by atoms with Crippen LogP contribution >= 0.6 is 0 Å². The number of carbonyl (C=O) groups is 1. The summed E-state index contributed by atoms with van der Waals surface area (Å²) in [5, 5.41) is 5.90. The average Bonchev–Trinajstić information content (AvgIpc) is 2.89. The molecule has 2 rings (SSSR count). The number of aryl methyl sites for hydroxylation is 1. The zero-order valence-corrected chi connectivity index (χ0v) is 11.2. The van der Waals surface area contributed by atoms with E-state index in [0.717, 1.165) is 0 Å². The van der Waals surface area contributed by atoms with Crippen molar-refractivity contribution in [1.29, 1.82) is 0 Å². The molecule has 0 saturated carbocycles. The Balaban J connectivity index is 2.08. The van der Waals surface area contributed by atoms with Crippen LogP contribution in [-0.4, -0.2) is 36.8 Å². The quantitative estimate of drug-likeness (QED) is 0.806. The third kappa shape index (κ3) is 3.02. The molecule has 1 saturated heterocycles. The molecule has 1 aromatic rings. The molecular formula is C13H19N3O3. The molecule has 1 aromatic heterocycles. The molecule has 0 radical (unpaired) electrons. The number of hydrogen-bond acceptors (Lipinski definition) is 4. The predicted octanol–water partition coefficient (Wildman–Crippen LogP) is 0.0411. The van der Waals surface area contributed by atoms with Crippen molar-refractivity contribution in [3.63, 3.8) is 0 Å². The van der Waals surface area contributed by atoms with Crippen LogP contribution in [0.25, 0.3) is 0 Å².